The Labute approximate surface area is 94.7 Å². The van der Waals surface area contributed by atoms with E-state index in [2.05, 4.69) is 0 Å². The van der Waals surface area contributed by atoms with Crippen LogP contribution in [0, 0.1) is 0 Å². The smallest absolute Gasteiger partial charge is 0.124 e. The predicted molar refractivity (Wildman–Crippen MR) is 61.3 cm³/mol. The lowest BCUT2D eigenvalue weighted by Gasteiger charge is -2.27. The van der Waals surface area contributed by atoms with Crippen LogP contribution in [-0.2, 0) is 0 Å². The van der Waals surface area contributed by atoms with Crippen molar-refractivity contribution in [1.29, 1.82) is 0 Å². The minimum absolute atomic E-state index is 0.0141. The minimum atomic E-state index is -0.173. The Balaban J connectivity index is 2.94. The lowest BCUT2D eigenvalue weighted by molar-refractivity contribution is 0.181. The number of aliphatic hydroxyl groups excluding tert-OH is 1. The molecule has 0 heterocycles. The van der Waals surface area contributed by atoms with Crippen LogP contribution in [0.1, 0.15) is 11.6 Å². The molecule has 0 aliphatic carbocycles. The number of hydrogen-bond acceptors (Lipinski definition) is 5. The van der Waals surface area contributed by atoms with E-state index in [1.807, 2.05) is 11.9 Å². The molecule has 0 saturated carbocycles. The van der Waals surface area contributed by atoms with E-state index >= 15 is 0 Å². The first-order chi connectivity index (χ1) is 7.60. The third kappa shape index (κ3) is 2.85. The molecule has 1 atom stereocenters. The van der Waals surface area contributed by atoms with Crippen molar-refractivity contribution in [3.8, 4) is 11.5 Å². The molecule has 5 nitrogen and oxygen atoms in total. The van der Waals surface area contributed by atoms with Gasteiger partial charge in [-0.25, -0.2) is 0 Å². The maximum absolute atomic E-state index is 9.71. The monoisotopic (exact) mass is 226 g/mol. The molecule has 5 N–H and O–H groups in total. The quantitative estimate of drug-likeness (QED) is 0.568. The summed E-state index contributed by atoms with van der Waals surface area (Å²) in [4.78, 5) is 1.85. The standard InChI is InChI=1S/C11H18N2O3/c1-13(4-5-14)10(7-12)9-3-2-8(15)6-11(9)16/h2-3,6,10,14-16H,4-5,7,12H2,1H3. The third-order valence-corrected chi connectivity index (χ3v) is 2.58. The van der Waals surface area contributed by atoms with E-state index in [4.69, 9.17) is 10.8 Å². The Morgan fingerprint density at radius 1 is 1.38 bits per heavy atom. The minimum Gasteiger partial charge on any atom is -0.508 e. The average Bonchev–Trinajstić information content (AvgIpc) is 2.22. The van der Waals surface area contributed by atoms with Crippen molar-refractivity contribution in [2.45, 2.75) is 6.04 Å². The SMILES string of the molecule is CN(CCO)C(CN)c1ccc(O)cc1O. The second-order valence-electron chi connectivity index (χ2n) is 3.70. The molecule has 1 aromatic carbocycles. The van der Waals surface area contributed by atoms with Crippen LogP contribution in [0.4, 0.5) is 0 Å². The maximum Gasteiger partial charge on any atom is 0.124 e. The van der Waals surface area contributed by atoms with Gasteiger partial charge in [0.1, 0.15) is 11.5 Å². The first-order valence-electron chi connectivity index (χ1n) is 5.13. The van der Waals surface area contributed by atoms with Crippen LogP contribution in [-0.4, -0.2) is 47.0 Å². The molecule has 0 aromatic heterocycles. The zero-order valence-electron chi connectivity index (χ0n) is 9.30. The second kappa shape index (κ2) is 5.69. The molecule has 0 spiro atoms. The molecule has 5 heteroatoms. The van der Waals surface area contributed by atoms with Crippen LogP contribution in [0.3, 0.4) is 0 Å². The highest BCUT2D eigenvalue weighted by Gasteiger charge is 2.18. The van der Waals surface area contributed by atoms with Gasteiger partial charge in [0.2, 0.25) is 0 Å². The number of aromatic hydroxyl groups is 2. The van der Waals surface area contributed by atoms with E-state index in [1.165, 1.54) is 12.1 Å². The number of nitrogens with two attached hydrogens (primary N) is 1. The fraction of sp³-hybridized carbons (Fsp3) is 0.455. The summed E-state index contributed by atoms with van der Waals surface area (Å²) in [6.07, 6.45) is 0. The molecule has 1 unspecified atom stereocenters. The summed E-state index contributed by atoms with van der Waals surface area (Å²) >= 11 is 0. The van der Waals surface area contributed by atoms with Gasteiger partial charge in [-0.3, -0.25) is 4.90 Å². The van der Waals surface area contributed by atoms with E-state index in [9.17, 15) is 10.2 Å². The van der Waals surface area contributed by atoms with Gasteiger partial charge in [-0.05, 0) is 13.1 Å². The Morgan fingerprint density at radius 2 is 2.06 bits per heavy atom. The maximum atomic E-state index is 9.71. The van der Waals surface area contributed by atoms with Crippen LogP contribution < -0.4 is 5.73 Å². The molecule has 0 fully saturated rings. The zero-order chi connectivity index (χ0) is 12.1. The van der Waals surface area contributed by atoms with Gasteiger partial charge in [0.05, 0.1) is 12.6 Å². The first-order valence-corrected chi connectivity index (χ1v) is 5.13. The number of aliphatic hydroxyl groups is 1. The van der Waals surface area contributed by atoms with Crippen LogP contribution >= 0.6 is 0 Å². The Morgan fingerprint density at radius 3 is 2.56 bits per heavy atom. The number of nitrogens with zero attached hydrogens (tertiary/aromatic N) is 1. The number of benzene rings is 1. The summed E-state index contributed by atoms with van der Waals surface area (Å²) in [6.45, 7) is 0.836. The average molecular weight is 226 g/mol. The largest absolute Gasteiger partial charge is 0.508 e. The second-order valence-corrected chi connectivity index (χ2v) is 3.70. The van der Waals surface area contributed by atoms with Gasteiger partial charge < -0.3 is 21.1 Å². The van der Waals surface area contributed by atoms with Crippen LogP contribution in [0.15, 0.2) is 18.2 Å². The van der Waals surface area contributed by atoms with Gasteiger partial charge in [-0.1, -0.05) is 6.07 Å². The van der Waals surface area contributed by atoms with Crippen LogP contribution in [0.25, 0.3) is 0 Å². The van der Waals surface area contributed by atoms with E-state index in [0.29, 0.717) is 18.7 Å². The topological polar surface area (TPSA) is 90.0 Å². The predicted octanol–water partition coefficient (Wildman–Crippen LogP) is 0.0217. The Bertz CT molecular complexity index is 344. The number of rotatable bonds is 5. The van der Waals surface area contributed by atoms with Crippen molar-refractivity contribution in [2.75, 3.05) is 26.7 Å². The summed E-state index contributed by atoms with van der Waals surface area (Å²) in [5.74, 6) is 0.0297. The molecule has 0 bridgehead atoms. The van der Waals surface area contributed by atoms with Gasteiger partial charge in [0.25, 0.3) is 0 Å². The van der Waals surface area contributed by atoms with Crippen LogP contribution in [0.5, 0.6) is 11.5 Å². The van der Waals surface area contributed by atoms with Crippen molar-refractivity contribution in [2.24, 2.45) is 5.73 Å². The fourth-order valence-corrected chi connectivity index (χ4v) is 1.67. The van der Waals surface area contributed by atoms with Gasteiger partial charge >= 0.3 is 0 Å². The zero-order valence-corrected chi connectivity index (χ0v) is 9.30. The van der Waals surface area contributed by atoms with Gasteiger partial charge in [-0.2, -0.15) is 0 Å². The molecule has 0 aliphatic heterocycles. The molecule has 0 aliphatic rings. The number of phenols is 2. The highest BCUT2D eigenvalue weighted by molar-refractivity contribution is 5.41. The van der Waals surface area contributed by atoms with Crippen molar-refractivity contribution < 1.29 is 15.3 Å². The fourth-order valence-electron chi connectivity index (χ4n) is 1.67. The molecule has 0 amide bonds. The molecule has 16 heavy (non-hydrogen) atoms. The van der Waals surface area contributed by atoms with Crippen LogP contribution in [0.2, 0.25) is 0 Å². The van der Waals surface area contributed by atoms with Crippen molar-refractivity contribution in [1.82, 2.24) is 4.90 Å². The van der Waals surface area contributed by atoms with Gasteiger partial charge in [0.15, 0.2) is 0 Å². The van der Waals surface area contributed by atoms with Crippen molar-refractivity contribution in [3.05, 3.63) is 23.8 Å². The van der Waals surface area contributed by atoms with E-state index in [-0.39, 0.29) is 24.1 Å². The van der Waals surface area contributed by atoms with Gasteiger partial charge in [-0.15, -0.1) is 0 Å². The normalized spacial score (nSPS) is 13.0. The van der Waals surface area contributed by atoms with E-state index in [0.717, 1.165) is 0 Å². The molecular weight excluding hydrogens is 208 g/mol. The Hall–Kier alpha value is -1.30. The summed E-state index contributed by atoms with van der Waals surface area (Å²) in [6, 6.07) is 4.25. The third-order valence-electron chi connectivity index (χ3n) is 2.58. The summed E-state index contributed by atoms with van der Waals surface area (Å²) in [7, 11) is 1.82. The van der Waals surface area contributed by atoms with E-state index < -0.39 is 0 Å². The van der Waals surface area contributed by atoms with Crippen molar-refractivity contribution in [3.63, 3.8) is 0 Å². The molecule has 0 radical (unpaired) electrons. The number of likely N-dealkylation sites (N-methyl/N-ethyl adjacent to an activating group) is 1. The summed E-state index contributed by atoms with van der Waals surface area (Å²) < 4.78 is 0. The summed E-state index contributed by atoms with van der Waals surface area (Å²) in [5.41, 5.74) is 6.30. The van der Waals surface area contributed by atoms with E-state index in [1.54, 1.807) is 6.07 Å². The highest BCUT2D eigenvalue weighted by Crippen LogP contribution is 2.30. The lowest BCUT2D eigenvalue weighted by atomic mass is 10.0. The molecular formula is C11H18N2O3. The Kier molecular flexibility index (Phi) is 4.54. The van der Waals surface area contributed by atoms with Gasteiger partial charge in [0, 0.05) is 24.7 Å². The summed E-state index contributed by atoms with van der Waals surface area (Å²) in [5, 5.41) is 27.8. The van der Waals surface area contributed by atoms with Crippen molar-refractivity contribution >= 4 is 0 Å². The molecule has 1 rings (SSSR count). The highest BCUT2D eigenvalue weighted by atomic mass is 16.3. The molecule has 90 valence electrons. The molecule has 0 saturated heterocycles. The number of hydrogen-bond donors (Lipinski definition) is 4. The lowest BCUT2D eigenvalue weighted by Crippen LogP contribution is -2.32. The first kappa shape index (κ1) is 12.8. The molecule has 1 aromatic rings. The number of phenolic OH excluding ortho intramolecular Hbond substituents is 2.